The first-order chi connectivity index (χ1) is 13.1. The van der Waals surface area contributed by atoms with E-state index in [-0.39, 0.29) is 5.56 Å². The Bertz CT molecular complexity index is 1230. The first kappa shape index (κ1) is 16.5. The third-order valence-corrected chi connectivity index (χ3v) is 6.69. The standard InChI is InChI=1S/C20H20N4O2S/c1-11-4-9-15-16(10-11)27-19-17(15)18(25)24(20-22-21-12(2)23(19)20)13-5-7-14(26-3)8-6-13/h5-8,11H,4,9-10H2,1-3H3. The Labute approximate surface area is 160 Å². The first-order valence-corrected chi connectivity index (χ1v) is 9.95. The van der Waals surface area contributed by atoms with Gasteiger partial charge in [-0.25, -0.2) is 4.57 Å². The molecule has 6 nitrogen and oxygen atoms in total. The Morgan fingerprint density at radius 3 is 2.74 bits per heavy atom. The zero-order valence-corrected chi connectivity index (χ0v) is 16.3. The molecule has 0 amide bonds. The maximum Gasteiger partial charge on any atom is 0.268 e. The molecule has 0 fully saturated rings. The van der Waals surface area contributed by atoms with Crippen molar-refractivity contribution >= 4 is 27.3 Å². The Kier molecular flexibility index (Phi) is 3.62. The number of aromatic nitrogens is 4. The second-order valence-corrected chi connectivity index (χ2v) is 8.34. The summed E-state index contributed by atoms with van der Waals surface area (Å²) >= 11 is 1.73. The van der Waals surface area contributed by atoms with E-state index in [1.165, 1.54) is 10.4 Å². The van der Waals surface area contributed by atoms with Crippen molar-refractivity contribution in [1.82, 2.24) is 19.2 Å². The Balaban J connectivity index is 1.90. The van der Waals surface area contributed by atoms with Crippen LogP contribution in [0.4, 0.5) is 0 Å². The molecule has 1 atom stereocenters. The van der Waals surface area contributed by atoms with Crippen LogP contribution < -0.4 is 10.3 Å². The average Bonchev–Trinajstić information content (AvgIpc) is 3.22. The minimum atomic E-state index is -0.0119. The fourth-order valence-corrected chi connectivity index (χ4v) is 5.56. The predicted molar refractivity (Wildman–Crippen MR) is 106 cm³/mol. The summed E-state index contributed by atoms with van der Waals surface area (Å²) < 4.78 is 8.95. The smallest absolute Gasteiger partial charge is 0.268 e. The molecule has 0 saturated heterocycles. The van der Waals surface area contributed by atoms with E-state index in [0.29, 0.717) is 11.7 Å². The van der Waals surface area contributed by atoms with Crippen LogP contribution >= 0.6 is 11.3 Å². The van der Waals surface area contributed by atoms with Gasteiger partial charge in [-0.2, -0.15) is 0 Å². The molecule has 5 rings (SSSR count). The van der Waals surface area contributed by atoms with E-state index in [9.17, 15) is 4.79 Å². The van der Waals surface area contributed by atoms with Gasteiger partial charge in [0.25, 0.3) is 5.56 Å². The lowest BCUT2D eigenvalue weighted by molar-refractivity contribution is 0.414. The highest BCUT2D eigenvalue weighted by Gasteiger charge is 2.26. The quantitative estimate of drug-likeness (QED) is 0.534. The van der Waals surface area contributed by atoms with Crippen molar-refractivity contribution in [3.63, 3.8) is 0 Å². The molecule has 0 N–H and O–H groups in total. The highest BCUT2D eigenvalue weighted by atomic mass is 32.1. The van der Waals surface area contributed by atoms with Crippen LogP contribution in [0, 0.1) is 12.8 Å². The molecule has 138 valence electrons. The molecule has 7 heteroatoms. The van der Waals surface area contributed by atoms with Crippen LogP contribution in [-0.4, -0.2) is 26.3 Å². The van der Waals surface area contributed by atoms with Gasteiger partial charge in [0.05, 0.1) is 18.2 Å². The molecule has 27 heavy (non-hydrogen) atoms. The van der Waals surface area contributed by atoms with Crippen molar-refractivity contribution in [2.75, 3.05) is 7.11 Å². The summed E-state index contributed by atoms with van der Waals surface area (Å²) in [6.45, 7) is 4.21. The van der Waals surface area contributed by atoms with Crippen LogP contribution in [0.25, 0.3) is 21.7 Å². The van der Waals surface area contributed by atoms with Gasteiger partial charge in [0, 0.05) is 4.88 Å². The zero-order valence-electron chi connectivity index (χ0n) is 15.5. The van der Waals surface area contributed by atoms with Crippen LogP contribution in [0.3, 0.4) is 0 Å². The number of ether oxygens (including phenoxy) is 1. The summed E-state index contributed by atoms with van der Waals surface area (Å²) in [6.07, 6.45) is 3.13. The number of fused-ring (bicyclic) bond motifs is 5. The number of benzene rings is 1. The van der Waals surface area contributed by atoms with Crippen molar-refractivity contribution in [3.05, 3.63) is 50.9 Å². The molecule has 3 aromatic heterocycles. The van der Waals surface area contributed by atoms with Gasteiger partial charge in [-0.05, 0) is 61.9 Å². The molecule has 0 bridgehead atoms. The Hall–Kier alpha value is -2.67. The minimum absolute atomic E-state index is 0.0119. The summed E-state index contributed by atoms with van der Waals surface area (Å²) in [5, 5.41) is 9.41. The van der Waals surface area contributed by atoms with Gasteiger partial charge in [-0.15, -0.1) is 21.5 Å². The number of hydrogen-bond donors (Lipinski definition) is 0. The molecule has 0 spiro atoms. The highest BCUT2D eigenvalue weighted by Crippen LogP contribution is 2.37. The third kappa shape index (κ3) is 2.34. The molecule has 0 radical (unpaired) electrons. The SMILES string of the molecule is COc1ccc(-n2c(=O)c3c4c(sc3n3c(C)nnc23)CC(C)CC4)cc1. The van der Waals surface area contributed by atoms with E-state index in [0.717, 1.165) is 46.7 Å². The van der Waals surface area contributed by atoms with E-state index in [2.05, 4.69) is 17.1 Å². The molecule has 3 heterocycles. The highest BCUT2D eigenvalue weighted by molar-refractivity contribution is 7.18. The molecule has 1 aromatic carbocycles. The molecule has 0 aliphatic heterocycles. The Morgan fingerprint density at radius 2 is 2.00 bits per heavy atom. The van der Waals surface area contributed by atoms with E-state index < -0.39 is 0 Å². The number of thiophene rings is 1. The minimum Gasteiger partial charge on any atom is -0.497 e. The summed E-state index contributed by atoms with van der Waals surface area (Å²) in [5.41, 5.74) is 1.97. The van der Waals surface area contributed by atoms with E-state index in [4.69, 9.17) is 4.74 Å². The van der Waals surface area contributed by atoms with Gasteiger partial charge in [-0.1, -0.05) is 6.92 Å². The van der Waals surface area contributed by atoms with E-state index in [1.807, 2.05) is 35.6 Å². The fraction of sp³-hybridized carbons (Fsp3) is 0.350. The van der Waals surface area contributed by atoms with Crippen molar-refractivity contribution < 1.29 is 4.74 Å². The molecular formula is C20H20N4O2S. The van der Waals surface area contributed by atoms with Crippen LogP contribution in [0.2, 0.25) is 0 Å². The lowest BCUT2D eigenvalue weighted by Gasteiger charge is -2.17. The van der Waals surface area contributed by atoms with Crippen molar-refractivity contribution in [3.8, 4) is 11.4 Å². The summed E-state index contributed by atoms with van der Waals surface area (Å²) in [5.74, 6) is 2.76. The van der Waals surface area contributed by atoms with Crippen LogP contribution in [0.1, 0.15) is 29.6 Å². The van der Waals surface area contributed by atoms with Crippen molar-refractivity contribution in [1.29, 1.82) is 0 Å². The van der Waals surface area contributed by atoms with E-state index >= 15 is 0 Å². The van der Waals surface area contributed by atoms with Gasteiger partial charge in [0.2, 0.25) is 5.78 Å². The fourth-order valence-electron chi connectivity index (χ4n) is 4.01. The van der Waals surface area contributed by atoms with Crippen LogP contribution in [-0.2, 0) is 12.8 Å². The lowest BCUT2D eigenvalue weighted by atomic mass is 9.89. The molecular weight excluding hydrogens is 360 g/mol. The largest absolute Gasteiger partial charge is 0.497 e. The molecule has 1 aliphatic rings. The zero-order chi connectivity index (χ0) is 18.7. The van der Waals surface area contributed by atoms with Crippen LogP contribution in [0.5, 0.6) is 5.75 Å². The number of rotatable bonds is 2. The number of methoxy groups -OCH3 is 1. The third-order valence-electron chi connectivity index (χ3n) is 5.45. The molecule has 1 unspecified atom stereocenters. The van der Waals surface area contributed by atoms with Gasteiger partial charge in [-0.3, -0.25) is 9.20 Å². The van der Waals surface area contributed by atoms with Crippen molar-refractivity contribution in [2.45, 2.75) is 33.1 Å². The van der Waals surface area contributed by atoms with Gasteiger partial charge in [0.1, 0.15) is 16.4 Å². The van der Waals surface area contributed by atoms with Gasteiger partial charge < -0.3 is 4.74 Å². The maximum absolute atomic E-state index is 13.6. The van der Waals surface area contributed by atoms with Gasteiger partial charge in [0.15, 0.2) is 0 Å². The van der Waals surface area contributed by atoms with Gasteiger partial charge >= 0.3 is 0 Å². The second kappa shape index (κ2) is 5.92. The van der Waals surface area contributed by atoms with Crippen molar-refractivity contribution in [2.24, 2.45) is 5.92 Å². The van der Waals surface area contributed by atoms with E-state index in [1.54, 1.807) is 23.0 Å². The lowest BCUT2D eigenvalue weighted by Crippen LogP contribution is -2.22. The normalized spacial score (nSPS) is 16.8. The molecule has 4 aromatic rings. The van der Waals surface area contributed by atoms with Crippen LogP contribution in [0.15, 0.2) is 29.1 Å². The second-order valence-electron chi connectivity index (χ2n) is 7.25. The monoisotopic (exact) mass is 380 g/mol. The average molecular weight is 380 g/mol. The molecule has 1 aliphatic carbocycles. The molecule has 0 saturated carbocycles. The summed E-state index contributed by atoms with van der Waals surface area (Å²) in [7, 11) is 1.63. The summed E-state index contributed by atoms with van der Waals surface area (Å²) in [4.78, 5) is 15.9. The summed E-state index contributed by atoms with van der Waals surface area (Å²) in [6, 6.07) is 7.49. The number of nitrogens with zero attached hydrogens (tertiary/aromatic N) is 4. The number of aryl methyl sites for hydroxylation is 2. The maximum atomic E-state index is 13.6. The Morgan fingerprint density at radius 1 is 1.22 bits per heavy atom. The number of hydrogen-bond acceptors (Lipinski definition) is 5. The predicted octanol–water partition coefficient (Wildman–Crippen LogP) is 3.54. The first-order valence-electron chi connectivity index (χ1n) is 9.14. The topological polar surface area (TPSA) is 61.4 Å².